The summed E-state index contributed by atoms with van der Waals surface area (Å²) in [5.74, 6) is -0.234. The van der Waals surface area contributed by atoms with Crippen molar-refractivity contribution in [2.75, 3.05) is 7.05 Å². The first kappa shape index (κ1) is 20.6. The van der Waals surface area contributed by atoms with Gasteiger partial charge in [0.15, 0.2) is 0 Å². The second-order valence-corrected chi connectivity index (χ2v) is 8.39. The van der Waals surface area contributed by atoms with Crippen molar-refractivity contribution >= 4 is 15.9 Å². The Balaban J connectivity index is 1.74. The molecule has 0 radical (unpaired) electrons. The summed E-state index contributed by atoms with van der Waals surface area (Å²) in [6.07, 6.45) is 0. The van der Waals surface area contributed by atoms with Crippen molar-refractivity contribution in [3.8, 4) is 5.75 Å². The first-order chi connectivity index (χ1) is 13.9. The third-order valence-electron chi connectivity index (χ3n) is 4.45. The van der Waals surface area contributed by atoms with Gasteiger partial charge in [0.1, 0.15) is 5.75 Å². The van der Waals surface area contributed by atoms with Gasteiger partial charge in [-0.15, -0.1) is 0 Å². The van der Waals surface area contributed by atoms with Crippen molar-refractivity contribution in [3.63, 3.8) is 0 Å². The van der Waals surface area contributed by atoms with Crippen molar-refractivity contribution in [1.82, 2.24) is 9.62 Å². The first-order valence-corrected chi connectivity index (χ1v) is 10.5. The Hall–Kier alpha value is -3.16. The van der Waals surface area contributed by atoms with E-state index >= 15 is 0 Å². The van der Waals surface area contributed by atoms with E-state index in [4.69, 9.17) is 0 Å². The van der Waals surface area contributed by atoms with Gasteiger partial charge in [-0.25, -0.2) is 13.1 Å². The van der Waals surface area contributed by atoms with Gasteiger partial charge in [0.05, 0.1) is 4.90 Å². The SMILES string of the molecule is CN(Cc1ccccc1O)C(=O)c1cccc(S(=O)(=O)NCc2ccccc2)c1. The Morgan fingerprint density at radius 3 is 2.38 bits per heavy atom. The van der Waals surface area contributed by atoms with E-state index in [-0.39, 0.29) is 35.2 Å². The normalized spacial score (nSPS) is 11.2. The van der Waals surface area contributed by atoms with Crippen LogP contribution in [0.15, 0.2) is 83.8 Å². The highest BCUT2D eigenvalue weighted by atomic mass is 32.2. The van der Waals surface area contributed by atoms with E-state index in [1.165, 1.54) is 23.1 Å². The molecule has 150 valence electrons. The molecule has 0 aliphatic carbocycles. The molecular formula is C22H22N2O4S. The fourth-order valence-corrected chi connectivity index (χ4v) is 3.91. The molecular weight excluding hydrogens is 388 g/mol. The molecule has 0 aromatic heterocycles. The maximum Gasteiger partial charge on any atom is 0.253 e. The highest BCUT2D eigenvalue weighted by molar-refractivity contribution is 7.89. The van der Waals surface area contributed by atoms with Gasteiger partial charge < -0.3 is 10.0 Å². The number of phenolic OH excluding ortho intramolecular Hbond substituents is 1. The average molecular weight is 410 g/mol. The number of hydrogen-bond acceptors (Lipinski definition) is 4. The van der Waals surface area contributed by atoms with Crippen LogP contribution in [0.4, 0.5) is 0 Å². The minimum atomic E-state index is -3.77. The topological polar surface area (TPSA) is 86.7 Å². The third-order valence-corrected chi connectivity index (χ3v) is 5.85. The molecule has 0 atom stereocenters. The van der Waals surface area contributed by atoms with Crippen LogP contribution in [-0.2, 0) is 23.1 Å². The second-order valence-electron chi connectivity index (χ2n) is 6.63. The van der Waals surface area contributed by atoms with E-state index in [1.807, 2.05) is 30.3 Å². The molecule has 29 heavy (non-hydrogen) atoms. The third kappa shape index (κ3) is 5.22. The second kappa shape index (κ2) is 8.89. The minimum absolute atomic E-state index is 0.0234. The molecule has 3 aromatic rings. The van der Waals surface area contributed by atoms with Gasteiger partial charge >= 0.3 is 0 Å². The number of benzene rings is 3. The zero-order valence-corrected chi connectivity index (χ0v) is 16.8. The number of sulfonamides is 1. The van der Waals surface area contributed by atoms with Crippen molar-refractivity contribution < 1.29 is 18.3 Å². The van der Waals surface area contributed by atoms with E-state index in [0.29, 0.717) is 5.56 Å². The Morgan fingerprint density at radius 2 is 1.66 bits per heavy atom. The highest BCUT2D eigenvalue weighted by Gasteiger charge is 2.18. The minimum Gasteiger partial charge on any atom is -0.508 e. The molecule has 0 aliphatic heterocycles. The largest absolute Gasteiger partial charge is 0.508 e. The lowest BCUT2D eigenvalue weighted by molar-refractivity contribution is 0.0784. The van der Waals surface area contributed by atoms with E-state index in [2.05, 4.69) is 4.72 Å². The van der Waals surface area contributed by atoms with E-state index in [1.54, 1.807) is 37.4 Å². The number of carbonyl (C=O) groups is 1. The van der Waals surface area contributed by atoms with Crippen LogP contribution in [0, 0.1) is 0 Å². The zero-order chi connectivity index (χ0) is 20.9. The van der Waals surface area contributed by atoms with Crippen LogP contribution in [0.3, 0.4) is 0 Å². The molecule has 0 spiro atoms. The molecule has 1 amide bonds. The average Bonchev–Trinajstić information content (AvgIpc) is 2.74. The molecule has 0 bridgehead atoms. The number of para-hydroxylation sites is 1. The van der Waals surface area contributed by atoms with Crippen LogP contribution < -0.4 is 4.72 Å². The predicted octanol–water partition coefficient (Wildman–Crippen LogP) is 3.14. The van der Waals surface area contributed by atoms with E-state index in [9.17, 15) is 18.3 Å². The lowest BCUT2D eigenvalue weighted by atomic mass is 10.1. The van der Waals surface area contributed by atoms with Gasteiger partial charge in [-0.05, 0) is 29.8 Å². The molecule has 0 aliphatic rings. The van der Waals surface area contributed by atoms with Crippen LogP contribution in [-0.4, -0.2) is 31.4 Å². The predicted molar refractivity (Wildman–Crippen MR) is 111 cm³/mol. The van der Waals surface area contributed by atoms with Gasteiger partial charge in [0.2, 0.25) is 10.0 Å². The quantitative estimate of drug-likeness (QED) is 0.627. The summed E-state index contributed by atoms with van der Waals surface area (Å²) < 4.78 is 27.8. The fraction of sp³-hybridized carbons (Fsp3) is 0.136. The summed E-state index contributed by atoms with van der Waals surface area (Å²) in [4.78, 5) is 14.2. The number of hydrogen-bond donors (Lipinski definition) is 2. The summed E-state index contributed by atoms with van der Waals surface area (Å²) in [6.45, 7) is 0.364. The lowest BCUT2D eigenvalue weighted by Gasteiger charge is -2.18. The fourth-order valence-electron chi connectivity index (χ4n) is 2.85. The smallest absolute Gasteiger partial charge is 0.253 e. The number of nitrogens with zero attached hydrogens (tertiary/aromatic N) is 1. The molecule has 2 N–H and O–H groups in total. The number of amides is 1. The number of aromatic hydroxyl groups is 1. The number of nitrogens with one attached hydrogen (secondary N) is 1. The monoisotopic (exact) mass is 410 g/mol. The Bertz CT molecular complexity index is 1100. The number of rotatable bonds is 7. The van der Waals surface area contributed by atoms with Crippen LogP contribution in [0.25, 0.3) is 0 Å². The van der Waals surface area contributed by atoms with Crippen LogP contribution >= 0.6 is 0 Å². The maximum absolute atomic E-state index is 12.7. The van der Waals surface area contributed by atoms with E-state index in [0.717, 1.165) is 5.56 Å². The number of phenols is 1. The molecule has 3 aromatic carbocycles. The molecule has 0 fully saturated rings. The Morgan fingerprint density at radius 1 is 0.966 bits per heavy atom. The molecule has 7 heteroatoms. The molecule has 3 rings (SSSR count). The van der Waals surface area contributed by atoms with Gasteiger partial charge in [-0.2, -0.15) is 0 Å². The molecule has 6 nitrogen and oxygen atoms in total. The summed E-state index contributed by atoms with van der Waals surface area (Å²) in [6, 6.07) is 21.9. The molecule has 0 saturated carbocycles. The van der Waals surface area contributed by atoms with Crippen LogP contribution in [0.5, 0.6) is 5.75 Å². The van der Waals surface area contributed by atoms with Crippen molar-refractivity contribution in [2.24, 2.45) is 0 Å². The van der Waals surface area contributed by atoms with Crippen molar-refractivity contribution in [2.45, 2.75) is 18.0 Å². The van der Waals surface area contributed by atoms with Gasteiger partial charge in [0, 0.05) is 31.3 Å². The standard InChI is InChI=1S/C22H22N2O4S/c1-24(16-19-10-5-6-13-21(19)25)22(26)18-11-7-12-20(14-18)29(27,28)23-15-17-8-3-2-4-9-17/h2-14,23,25H,15-16H2,1H3. The van der Waals surface area contributed by atoms with Crippen LogP contribution in [0.1, 0.15) is 21.5 Å². The molecule has 0 heterocycles. The van der Waals surface area contributed by atoms with Crippen molar-refractivity contribution in [1.29, 1.82) is 0 Å². The Labute approximate surface area is 170 Å². The summed E-state index contributed by atoms with van der Waals surface area (Å²) >= 11 is 0. The van der Waals surface area contributed by atoms with Crippen molar-refractivity contribution in [3.05, 3.63) is 95.6 Å². The first-order valence-electron chi connectivity index (χ1n) is 9.03. The van der Waals surface area contributed by atoms with Gasteiger partial charge in [0.25, 0.3) is 5.91 Å². The number of carbonyl (C=O) groups excluding carboxylic acids is 1. The highest BCUT2D eigenvalue weighted by Crippen LogP contribution is 2.19. The molecule has 0 unspecified atom stereocenters. The zero-order valence-electron chi connectivity index (χ0n) is 15.9. The summed E-state index contributed by atoms with van der Waals surface area (Å²) in [5, 5.41) is 9.89. The van der Waals surface area contributed by atoms with Gasteiger partial charge in [-0.1, -0.05) is 54.6 Å². The Kier molecular flexibility index (Phi) is 6.31. The summed E-state index contributed by atoms with van der Waals surface area (Å²) in [7, 11) is -2.17. The van der Waals surface area contributed by atoms with E-state index < -0.39 is 10.0 Å². The lowest BCUT2D eigenvalue weighted by Crippen LogP contribution is -2.27. The van der Waals surface area contributed by atoms with Gasteiger partial charge in [-0.3, -0.25) is 4.79 Å². The van der Waals surface area contributed by atoms with Crippen LogP contribution in [0.2, 0.25) is 0 Å². The molecule has 0 saturated heterocycles. The maximum atomic E-state index is 12.7. The summed E-state index contributed by atoms with van der Waals surface area (Å²) in [5.41, 5.74) is 1.70.